The van der Waals surface area contributed by atoms with E-state index in [2.05, 4.69) is 6.07 Å². The lowest BCUT2D eigenvalue weighted by Crippen LogP contribution is -1.84. The highest BCUT2D eigenvalue weighted by Gasteiger charge is 2.06. The monoisotopic (exact) mass is 207 g/mol. The third-order valence-corrected chi connectivity index (χ3v) is 2.57. The first-order chi connectivity index (χ1) is 5.16. The Morgan fingerprint density at radius 3 is 2.45 bits per heavy atom. The Bertz CT molecular complexity index is 268. The predicted molar refractivity (Wildman–Crippen MR) is 49.7 cm³/mol. The van der Waals surface area contributed by atoms with Crippen molar-refractivity contribution >= 4 is 34.8 Å². The Morgan fingerprint density at radius 1 is 1.36 bits per heavy atom. The molecular weight excluding hydrogens is 202 g/mol. The van der Waals surface area contributed by atoms with Gasteiger partial charge in [-0.25, -0.2) is 0 Å². The van der Waals surface area contributed by atoms with Crippen LogP contribution < -0.4 is 0 Å². The first-order valence-corrected chi connectivity index (χ1v) is 4.34. The maximum Gasteiger partial charge on any atom is 0.0675 e. The first kappa shape index (κ1) is 9.18. The second kappa shape index (κ2) is 3.66. The molecular formula is C8H6Cl3. The smallest absolute Gasteiger partial charge is 0.0675 e. The number of rotatable bonds is 1. The lowest BCUT2D eigenvalue weighted by atomic mass is 10.2. The average molecular weight is 208 g/mol. The highest BCUT2D eigenvalue weighted by atomic mass is 35.5. The van der Waals surface area contributed by atoms with E-state index in [0.717, 1.165) is 12.0 Å². The highest BCUT2D eigenvalue weighted by Crippen LogP contribution is 2.30. The molecule has 0 bridgehead atoms. The molecule has 0 unspecified atom stereocenters. The second-order valence-corrected chi connectivity index (χ2v) is 3.26. The zero-order valence-electron chi connectivity index (χ0n) is 5.92. The molecule has 0 nitrogen and oxygen atoms in total. The topological polar surface area (TPSA) is 0 Å². The number of hydrogen-bond acceptors (Lipinski definition) is 0. The third kappa shape index (κ3) is 1.81. The summed E-state index contributed by atoms with van der Waals surface area (Å²) >= 11 is 17.4. The zero-order valence-corrected chi connectivity index (χ0v) is 8.19. The Morgan fingerprint density at radius 2 is 2.00 bits per heavy atom. The van der Waals surface area contributed by atoms with Crippen molar-refractivity contribution in [1.29, 1.82) is 0 Å². The maximum absolute atomic E-state index is 5.85. The van der Waals surface area contributed by atoms with Crippen LogP contribution in [0.2, 0.25) is 15.1 Å². The third-order valence-electron chi connectivity index (χ3n) is 1.43. The van der Waals surface area contributed by atoms with Crippen LogP contribution in [0.4, 0.5) is 0 Å². The summed E-state index contributed by atoms with van der Waals surface area (Å²) in [6.07, 6.45) is 0.784. The van der Waals surface area contributed by atoms with Crippen molar-refractivity contribution in [3.63, 3.8) is 0 Å². The van der Waals surface area contributed by atoms with E-state index in [1.54, 1.807) is 6.07 Å². The van der Waals surface area contributed by atoms with Crippen molar-refractivity contribution in [2.75, 3.05) is 0 Å². The second-order valence-electron chi connectivity index (χ2n) is 2.10. The molecule has 0 heterocycles. The number of benzene rings is 1. The fourth-order valence-corrected chi connectivity index (χ4v) is 1.63. The van der Waals surface area contributed by atoms with Crippen molar-refractivity contribution in [2.45, 2.75) is 13.3 Å². The molecule has 0 aliphatic heterocycles. The molecule has 0 aliphatic carbocycles. The van der Waals surface area contributed by atoms with Crippen molar-refractivity contribution < 1.29 is 0 Å². The molecule has 1 rings (SSSR count). The van der Waals surface area contributed by atoms with Gasteiger partial charge in [-0.15, -0.1) is 0 Å². The lowest BCUT2D eigenvalue weighted by Gasteiger charge is -2.03. The normalized spacial score (nSPS) is 10.2. The molecule has 0 amide bonds. The molecule has 0 fully saturated rings. The highest BCUT2D eigenvalue weighted by molar-refractivity contribution is 6.43. The maximum atomic E-state index is 5.85. The zero-order chi connectivity index (χ0) is 8.43. The quantitative estimate of drug-likeness (QED) is 0.612. The van der Waals surface area contributed by atoms with Gasteiger partial charge in [0.05, 0.1) is 10.0 Å². The molecule has 1 aromatic rings. The van der Waals surface area contributed by atoms with Crippen molar-refractivity contribution in [3.8, 4) is 0 Å². The van der Waals surface area contributed by atoms with E-state index in [4.69, 9.17) is 34.8 Å². The van der Waals surface area contributed by atoms with E-state index in [1.807, 2.05) is 6.92 Å². The molecule has 0 saturated carbocycles. The van der Waals surface area contributed by atoms with E-state index in [9.17, 15) is 0 Å². The summed E-state index contributed by atoms with van der Waals surface area (Å²) in [6.45, 7) is 1.98. The van der Waals surface area contributed by atoms with Gasteiger partial charge in [0.2, 0.25) is 0 Å². The van der Waals surface area contributed by atoms with Gasteiger partial charge in [-0.05, 0) is 18.1 Å². The minimum Gasteiger partial charge on any atom is -0.0840 e. The SMILES string of the molecule is CCc1c(Cl)c[c]c(Cl)c1Cl. The van der Waals surface area contributed by atoms with Crippen LogP contribution in [-0.2, 0) is 6.42 Å². The van der Waals surface area contributed by atoms with Crippen LogP contribution in [0, 0.1) is 6.07 Å². The van der Waals surface area contributed by atoms with Gasteiger partial charge in [0, 0.05) is 11.1 Å². The minimum atomic E-state index is 0.438. The summed E-state index contributed by atoms with van der Waals surface area (Å²) in [5.74, 6) is 0. The van der Waals surface area contributed by atoms with E-state index in [1.165, 1.54) is 0 Å². The van der Waals surface area contributed by atoms with Crippen LogP contribution in [-0.4, -0.2) is 0 Å². The summed E-state index contributed by atoms with van der Waals surface area (Å²) in [5, 5.41) is 1.58. The lowest BCUT2D eigenvalue weighted by molar-refractivity contribution is 1.14. The Balaban J connectivity index is 3.29. The molecule has 1 aromatic carbocycles. The Hall–Kier alpha value is 0.0900. The first-order valence-electron chi connectivity index (χ1n) is 3.20. The standard InChI is InChI=1S/C8H6Cl3/c1-2-5-6(9)3-4-7(10)8(5)11/h3H,2H2,1H3. The van der Waals surface area contributed by atoms with Crippen LogP contribution >= 0.6 is 34.8 Å². The molecule has 59 valence electrons. The van der Waals surface area contributed by atoms with Crippen LogP contribution in [0.1, 0.15) is 12.5 Å². The minimum absolute atomic E-state index is 0.438. The van der Waals surface area contributed by atoms with E-state index in [0.29, 0.717) is 15.1 Å². The molecule has 11 heavy (non-hydrogen) atoms. The molecule has 0 atom stereocenters. The van der Waals surface area contributed by atoms with Crippen LogP contribution in [0.3, 0.4) is 0 Å². The van der Waals surface area contributed by atoms with E-state index < -0.39 is 0 Å². The van der Waals surface area contributed by atoms with Crippen molar-refractivity contribution in [2.24, 2.45) is 0 Å². The molecule has 0 spiro atoms. The van der Waals surface area contributed by atoms with Crippen LogP contribution in [0.15, 0.2) is 6.07 Å². The van der Waals surface area contributed by atoms with Crippen molar-refractivity contribution in [1.82, 2.24) is 0 Å². The molecule has 0 saturated heterocycles. The average Bonchev–Trinajstić information content (AvgIpc) is 1.99. The fraction of sp³-hybridized carbons (Fsp3) is 0.250. The summed E-state index contributed by atoms with van der Waals surface area (Å²) in [5.41, 5.74) is 0.886. The molecule has 0 N–H and O–H groups in total. The van der Waals surface area contributed by atoms with E-state index in [-0.39, 0.29) is 0 Å². The van der Waals surface area contributed by atoms with Crippen LogP contribution in [0.5, 0.6) is 0 Å². The summed E-state index contributed by atoms with van der Waals surface area (Å²) in [7, 11) is 0. The predicted octanol–water partition coefficient (Wildman–Crippen LogP) is 4.01. The van der Waals surface area contributed by atoms with Gasteiger partial charge in [-0.3, -0.25) is 0 Å². The van der Waals surface area contributed by atoms with Gasteiger partial charge in [0.1, 0.15) is 0 Å². The molecule has 0 aliphatic rings. The number of halogens is 3. The summed E-state index contributed by atoms with van der Waals surface area (Å²) in [6, 6.07) is 4.38. The number of hydrogen-bond donors (Lipinski definition) is 0. The van der Waals surface area contributed by atoms with E-state index >= 15 is 0 Å². The fourth-order valence-electron chi connectivity index (χ4n) is 0.839. The van der Waals surface area contributed by atoms with Gasteiger partial charge in [-0.1, -0.05) is 41.7 Å². The van der Waals surface area contributed by atoms with Gasteiger partial charge < -0.3 is 0 Å². The van der Waals surface area contributed by atoms with Crippen molar-refractivity contribution in [3.05, 3.63) is 32.8 Å². The van der Waals surface area contributed by atoms with Crippen LogP contribution in [0.25, 0.3) is 0 Å². The molecule has 1 radical (unpaired) electrons. The Kier molecular flexibility index (Phi) is 3.06. The van der Waals surface area contributed by atoms with Gasteiger partial charge >= 0.3 is 0 Å². The van der Waals surface area contributed by atoms with Gasteiger partial charge in [0.25, 0.3) is 0 Å². The Labute approximate surface area is 81.1 Å². The van der Waals surface area contributed by atoms with Gasteiger partial charge in [0.15, 0.2) is 0 Å². The molecule has 3 heteroatoms. The summed E-state index contributed by atoms with van der Waals surface area (Å²) in [4.78, 5) is 0. The largest absolute Gasteiger partial charge is 0.0840 e. The summed E-state index contributed by atoms with van der Waals surface area (Å²) < 4.78 is 0. The van der Waals surface area contributed by atoms with Gasteiger partial charge in [-0.2, -0.15) is 0 Å². The molecule has 0 aromatic heterocycles.